The van der Waals surface area contributed by atoms with E-state index in [0.29, 0.717) is 0 Å². The lowest BCUT2D eigenvalue weighted by atomic mass is 9.80. The molecule has 0 saturated carbocycles. The van der Waals surface area contributed by atoms with Gasteiger partial charge in [0, 0.05) is 38.6 Å². The van der Waals surface area contributed by atoms with Crippen LogP contribution in [0.4, 0.5) is 17.1 Å². The molecular weight excluding hydrogens is 544 g/mol. The summed E-state index contributed by atoms with van der Waals surface area (Å²) in [5.74, 6) is 0. The molecule has 1 heterocycles. The van der Waals surface area contributed by atoms with Crippen molar-refractivity contribution in [3.63, 3.8) is 0 Å². The van der Waals surface area contributed by atoms with Crippen LogP contribution in [0, 0.1) is 0 Å². The number of fused-ring (bicyclic) bond motifs is 8. The summed E-state index contributed by atoms with van der Waals surface area (Å²) in [5.41, 5.74) is 12.4. The van der Waals surface area contributed by atoms with Gasteiger partial charge in [0.25, 0.3) is 0 Å². The number of aromatic nitrogens is 1. The minimum absolute atomic E-state index is 0.0861. The highest BCUT2D eigenvalue weighted by Crippen LogP contribution is 2.54. The van der Waals surface area contributed by atoms with E-state index in [9.17, 15) is 0 Å². The van der Waals surface area contributed by atoms with Gasteiger partial charge >= 0.3 is 0 Å². The van der Waals surface area contributed by atoms with Crippen LogP contribution in [0.1, 0.15) is 25.0 Å². The summed E-state index contributed by atoms with van der Waals surface area (Å²) in [4.78, 5) is 2.45. The van der Waals surface area contributed by atoms with Crippen molar-refractivity contribution in [3.8, 4) is 16.8 Å². The Morgan fingerprint density at radius 2 is 1.09 bits per heavy atom. The first kappa shape index (κ1) is 25.9. The van der Waals surface area contributed by atoms with E-state index < -0.39 is 0 Å². The second kappa shape index (κ2) is 9.70. The number of nitrogens with zero attached hydrogens (tertiary/aromatic N) is 2. The van der Waals surface area contributed by atoms with Crippen molar-refractivity contribution in [1.29, 1.82) is 0 Å². The number of hydrogen-bond acceptors (Lipinski definition) is 1. The van der Waals surface area contributed by atoms with Crippen molar-refractivity contribution in [1.82, 2.24) is 4.57 Å². The fraction of sp³-hybridized carbons (Fsp3) is 0.0698. The number of benzene rings is 7. The Bertz CT molecular complexity index is 2400. The minimum atomic E-state index is -0.0861. The van der Waals surface area contributed by atoms with Crippen LogP contribution in [0.3, 0.4) is 0 Å². The van der Waals surface area contributed by atoms with E-state index >= 15 is 0 Å². The lowest BCUT2D eigenvalue weighted by Gasteiger charge is -2.29. The minimum Gasteiger partial charge on any atom is -0.310 e. The van der Waals surface area contributed by atoms with Gasteiger partial charge in [-0.05, 0) is 76.2 Å². The van der Waals surface area contributed by atoms with Crippen molar-refractivity contribution < 1.29 is 0 Å². The van der Waals surface area contributed by atoms with E-state index in [0.717, 1.165) is 17.1 Å². The standard InChI is InChI=1S/C43H32N2/c1-43(2)38-23-13-11-19-32(38)37-28-41(34-21-9-10-22-36(34)42(37)43)44(29-15-5-3-6-16-29)31-25-26-35-33-20-12-14-24-39(33)45(40(35)27-31)30-17-7-4-8-18-30/h3-28H,1-2H3. The molecule has 8 aromatic rings. The zero-order chi connectivity index (χ0) is 30.1. The Hall–Kier alpha value is -5.60. The first-order valence-corrected chi connectivity index (χ1v) is 15.7. The predicted molar refractivity (Wildman–Crippen MR) is 191 cm³/mol. The van der Waals surface area contributed by atoms with Gasteiger partial charge in [0.2, 0.25) is 0 Å². The number of para-hydroxylation sites is 3. The smallest absolute Gasteiger partial charge is 0.0561 e. The average molecular weight is 577 g/mol. The summed E-state index contributed by atoms with van der Waals surface area (Å²) in [7, 11) is 0. The highest BCUT2D eigenvalue weighted by atomic mass is 15.1. The second-order valence-corrected chi connectivity index (χ2v) is 12.6. The molecule has 0 fully saturated rings. The quantitative estimate of drug-likeness (QED) is 0.202. The van der Waals surface area contributed by atoms with Gasteiger partial charge in [-0.2, -0.15) is 0 Å². The van der Waals surface area contributed by atoms with Gasteiger partial charge in [0.05, 0.1) is 16.7 Å². The Labute approximate surface area is 263 Å². The van der Waals surface area contributed by atoms with E-state index in [1.165, 1.54) is 60.5 Å². The Balaban J connectivity index is 1.37. The molecule has 0 unspecified atom stereocenters. The van der Waals surface area contributed by atoms with Crippen molar-refractivity contribution in [2.75, 3.05) is 4.90 Å². The molecule has 0 N–H and O–H groups in total. The summed E-state index contributed by atoms with van der Waals surface area (Å²) in [6, 6.07) is 57.5. The van der Waals surface area contributed by atoms with Gasteiger partial charge < -0.3 is 9.47 Å². The molecule has 0 amide bonds. The van der Waals surface area contributed by atoms with Gasteiger partial charge in [-0.25, -0.2) is 0 Å². The zero-order valence-electron chi connectivity index (χ0n) is 25.4. The maximum Gasteiger partial charge on any atom is 0.0561 e. The Morgan fingerprint density at radius 1 is 0.467 bits per heavy atom. The van der Waals surface area contributed by atoms with Gasteiger partial charge in [-0.1, -0.05) is 123 Å². The largest absolute Gasteiger partial charge is 0.310 e. The third-order valence-electron chi connectivity index (χ3n) is 9.72. The number of rotatable bonds is 4. The summed E-state index contributed by atoms with van der Waals surface area (Å²) in [6.45, 7) is 4.74. The molecule has 2 nitrogen and oxygen atoms in total. The monoisotopic (exact) mass is 576 g/mol. The number of hydrogen-bond donors (Lipinski definition) is 0. The summed E-state index contributed by atoms with van der Waals surface area (Å²) in [5, 5.41) is 5.08. The summed E-state index contributed by atoms with van der Waals surface area (Å²) >= 11 is 0. The van der Waals surface area contributed by atoms with Crippen LogP contribution in [0.25, 0.3) is 49.4 Å². The summed E-state index contributed by atoms with van der Waals surface area (Å²) < 4.78 is 2.40. The van der Waals surface area contributed by atoms with Gasteiger partial charge in [-0.3, -0.25) is 0 Å². The van der Waals surface area contributed by atoms with Crippen LogP contribution in [-0.4, -0.2) is 4.57 Å². The SMILES string of the molecule is CC1(C)c2ccccc2-c2cc(N(c3ccccc3)c3ccc4c5ccccc5n(-c5ccccc5)c4c3)c3ccccc3c21. The van der Waals surface area contributed by atoms with Crippen LogP contribution in [0.15, 0.2) is 158 Å². The van der Waals surface area contributed by atoms with Crippen LogP contribution in [0.2, 0.25) is 0 Å². The molecule has 7 aromatic carbocycles. The van der Waals surface area contributed by atoms with Crippen LogP contribution in [0.5, 0.6) is 0 Å². The normalized spacial score (nSPS) is 13.3. The van der Waals surface area contributed by atoms with Gasteiger partial charge in [0.15, 0.2) is 0 Å². The molecule has 2 heteroatoms. The van der Waals surface area contributed by atoms with Gasteiger partial charge in [0.1, 0.15) is 0 Å². The average Bonchev–Trinajstić information content (AvgIpc) is 3.54. The predicted octanol–water partition coefficient (Wildman–Crippen LogP) is 11.7. The lowest BCUT2D eigenvalue weighted by Crippen LogP contribution is -2.16. The van der Waals surface area contributed by atoms with E-state index in [1.807, 2.05) is 0 Å². The van der Waals surface area contributed by atoms with Crippen LogP contribution >= 0.6 is 0 Å². The first-order valence-electron chi connectivity index (χ1n) is 15.7. The van der Waals surface area contributed by atoms with Crippen LogP contribution < -0.4 is 4.90 Å². The van der Waals surface area contributed by atoms with Crippen molar-refractivity contribution >= 4 is 49.6 Å². The Morgan fingerprint density at radius 3 is 1.89 bits per heavy atom. The molecule has 45 heavy (non-hydrogen) atoms. The summed E-state index contributed by atoms with van der Waals surface area (Å²) in [6.07, 6.45) is 0. The van der Waals surface area contributed by atoms with Gasteiger partial charge in [-0.15, -0.1) is 0 Å². The second-order valence-electron chi connectivity index (χ2n) is 12.6. The highest BCUT2D eigenvalue weighted by Gasteiger charge is 2.37. The van der Waals surface area contributed by atoms with E-state index in [1.54, 1.807) is 0 Å². The van der Waals surface area contributed by atoms with Crippen molar-refractivity contribution in [2.24, 2.45) is 0 Å². The first-order chi connectivity index (χ1) is 22.1. The van der Waals surface area contributed by atoms with Crippen LogP contribution in [-0.2, 0) is 5.41 Å². The molecule has 0 radical (unpaired) electrons. The van der Waals surface area contributed by atoms with E-state index in [4.69, 9.17) is 0 Å². The fourth-order valence-electron chi connectivity index (χ4n) is 7.78. The molecule has 1 aliphatic carbocycles. The molecule has 214 valence electrons. The maximum absolute atomic E-state index is 2.45. The zero-order valence-corrected chi connectivity index (χ0v) is 25.4. The molecule has 0 saturated heterocycles. The van der Waals surface area contributed by atoms with E-state index in [2.05, 4.69) is 181 Å². The molecule has 0 bridgehead atoms. The van der Waals surface area contributed by atoms with Crippen molar-refractivity contribution in [3.05, 3.63) is 169 Å². The lowest BCUT2D eigenvalue weighted by molar-refractivity contribution is 0.666. The van der Waals surface area contributed by atoms with E-state index in [-0.39, 0.29) is 5.41 Å². The molecule has 0 aliphatic heterocycles. The Kier molecular flexibility index (Phi) is 5.58. The topological polar surface area (TPSA) is 8.17 Å². The molecule has 0 spiro atoms. The highest BCUT2D eigenvalue weighted by molar-refractivity contribution is 6.11. The molecule has 1 aliphatic rings. The maximum atomic E-state index is 2.45. The molecule has 0 atom stereocenters. The van der Waals surface area contributed by atoms with Crippen molar-refractivity contribution in [2.45, 2.75) is 19.3 Å². The molecule has 9 rings (SSSR count). The third kappa shape index (κ3) is 3.76. The third-order valence-corrected chi connectivity index (χ3v) is 9.72. The molecule has 1 aromatic heterocycles. The molecular formula is C43H32N2. The number of anilines is 3. The fourth-order valence-corrected chi connectivity index (χ4v) is 7.78.